The van der Waals surface area contributed by atoms with Gasteiger partial charge in [-0.1, -0.05) is 53.5 Å². The first-order valence-corrected chi connectivity index (χ1v) is 7.37. The van der Waals surface area contributed by atoms with Crippen LogP contribution in [0.5, 0.6) is 0 Å². The molecule has 3 amide bonds. The van der Waals surface area contributed by atoms with Crippen LogP contribution < -0.4 is 4.90 Å². The van der Waals surface area contributed by atoms with Crippen molar-refractivity contribution in [2.45, 2.75) is 6.04 Å². The molecule has 1 saturated heterocycles. The van der Waals surface area contributed by atoms with Crippen LogP contribution in [-0.2, 0) is 4.79 Å². The van der Waals surface area contributed by atoms with Crippen molar-refractivity contribution in [2.24, 2.45) is 0 Å². The van der Waals surface area contributed by atoms with Gasteiger partial charge in [-0.15, -0.1) is 0 Å². The monoisotopic (exact) mass is 334 g/mol. The number of hydrogen-bond acceptors (Lipinski definition) is 2. The lowest BCUT2D eigenvalue weighted by atomic mass is 10.1. The first kappa shape index (κ1) is 14.9. The average Bonchev–Trinajstić information content (AvgIpc) is 2.73. The van der Waals surface area contributed by atoms with Crippen LogP contribution in [0.25, 0.3) is 0 Å². The van der Waals surface area contributed by atoms with Gasteiger partial charge in [0.15, 0.2) is 0 Å². The number of nitrogens with zero attached hydrogens (tertiary/aromatic N) is 2. The van der Waals surface area contributed by atoms with E-state index in [1.54, 1.807) is 19.2 Å². The number of amides is 3. The second-order valence-electron chi connectivity index (χ2n) is 4.98. The molecule has 0 saturated carbocycles. The number of carbonyl (C=O) groups is 2. The van der Waals surface area contributed by atoms with Gasteiger partial charge in [-0.3, -0.25) is 4.79 Å². The fraction of sp³-hybridized carbons (Fsp3) is 0.125. The van der Waals surface area contributed by atoms with E-state index >= 15 is 0 Å². The molecule has 0 aliphatic carbocycles. The molecule has 1 aliphatic rings. The van der Waals surface area contributed by atoms with E-state index in [2.05, 4.69) is 0 Å². The predicted molar refractivity (Wildman–Crippen MR) is 86.3 cm³/mol. The van der Waals surface area contributed by atoms with Crippen molar-refractivity contribution in [3.8, 4) is 0 Å². The summed E-state index contributed by atoms with van der Waals surface area (Å²) in [7, 11) is 1.61. The summed E-state index contributed by atoms with van der Waals surface area (Å²) in [5, 5.41) is 0.669. The second-order valence-corrected chi connectivity index (χ2v) is 5.79. The van der Waals surface area contributed by atoms with Gasteiger partial charge in [-0.25, -0.2) is 9.69 Å². The number of likely N-dealkylation sites (N-methyl/N-ethyl adjacent to an activating group) is 1. The summed E-state index contributed by atoms with van der Waals surface area (Å²) < 4.78 is 0. The van der Waals surface area contributed by atoms with Gasteiger partial charge in [-0.2, -0.15) is 0 Å². The Hall–Kier alpha value is -2.04. The van der Waals surface area contributed by atoms with Crippen LogP contribution in [0.15, 0.2) is 48.5 Å². The third-order valence-electron chi connectivity index (χ3n) is 3.61. The summed E-state index contributed by atoms with van der Waals surface area (Å²) >= 11 is 11.9. The van der Waals surface area contributed by atoms with Crippen LogP contribution in [0.3, 0.4) is 0 Å². The smallest absolute Gasteiger partial charge is 0.311 e. The van der Waals surface area contributed by atoms with E-state index in [-0.39, 0.29) is 5.91 Å². The van der Waals surface area contributed by atoms with Crippen molar-refractivity contribution in [3.05, 3.63) is 64.1 Å². The minimum absolute atomic E-state index is 0.297. The molecule has 1 fully saturated rings. The highest BCUT2D eigenvalue weighted by Crippen LogP contribution is 2.35. The predicted octanol–water partition coefficient (Wildman–Crippen LogP) is 4.13. The number of anilines is 1. The lowest BCUT2D eigenvalue weighted by Crippen LogP contribution is -2.31. The summed E-state index contributed by atoms with van der Waals surface area (Å²) in [4.78, 5) is 27.7. The van der Waals surface area contributed by atoms with Crippen molar-refractivity contribution in [1.82, 2.24) is 4.90 Å². The summed E-state index contributed by atoms with van der Waals surface area (Å²) in [6.45, 7) is 0. The summed E-state index contributed by atoms with van der Waals surface area (Å²) in [5.74, 6) is -0.308. The highest BCUT2D eigenvalue weighted by Gasteiger charge is 2.44. The normalized spacial score (nSPS) is 18.2. The minimum atomic E-state index is -0.636. The molecule has 1 heterocycles. The molecule has 1 atom stereocenters. The van der Waals surface area contributed by atoms with Gasteiger partial charge in [-0.05, 0) is 23.8 Å². The lowest BCUT2D eigenvalue weighted by molar-refractivity contribution is -0.119. The minimum Gasteiger partial charge on any atom is -0.311 e. The van der Waals surface area contributed by atoms with Gasteiger partial charge >= 0.3 is 6.03 Å². The van der Waals surface area contributed by atoms with Gasteiger partial charge < -0.3 is 4.90 Å². The average molecular weight is 335 g/mol. The van der Waals surface area contributed by atoms with E-state index in [4.69, 9.17) is 23.2 Å². The number of benzene rings is 2. The molecule has 1 unspecified atom stereocenters. The zero-order chi connectivity index (χ0) is 15.9. The van der Waals surface area contributed by atoms with E-state index in [1.165, 1.54) is 11.0 Å². The van der Waals surface area contributed by atoms with Crippen LogP contribution in [0.4, 0.5) is 10.5 Å². The molecule has 1 aliphatic heterocycles. The maximum Gasteiger partial charge on any atom is 0.332 e. The number of rotatable bonds is 2. The Kier molecular flexibility index (Phi) is 3.81. The fourth-order valence-corrected chi connectivity index (χ4v) is 2.81. The largest absolute Gasteiger partial charge is 0.332 e. The van der Waals surface area contributed by atoms with Crippen molar-refractivity contribution in [1.29, 1.82) is 0 Å². The topological polar surface area (TPSA) is 40.6 Å². The van der Waals surface area contributed by atoms with Crippen LogP contribution in [0, 0.1) is 0 Å². The van der Waals surface area contributed by atoms with E-state index < -0.39 is 12.1 Å². The Labute approximate surface area is 137 Å². The number of hydrogen-bond donors (Lipinski definition) is 0. The molecule has 4 nitrogen and oxygen atoms in total. The third kappa shape index (κ3) is 2.34. The maximum atomic E-state index is 12.7. The van der Waals surface area contributed by atoms with Gasteiger partial charge in [0.1, 0.15) is 6.04 Å². The molecule has 6 heteroatoms. The first-order valence-electron chi connectivity index (χ1n) is 6.61. The van der Waals surface area contributed by atoms with Gasteiger partial charge in [0.25, 0.3) is 5.91 Å². The van der Waals surface area contributed by atoms with Gasteiger partial charge in [0, 0.05) is 7.05 Å². The summed E-state index contributed by atoms with van der Waals surface area (Å²) in [6.07, 6.45) is 0. The van der Waals surface area contributed by atoms with E-state index in [9.17, 15) is 9.59 Å². The molecule has 0 N–H and O–H groups in total. The molecule has 2 aromatic rings. The Morgan fingerprint density at radius 1 is 0.955 bits per heavy atom. The Morgan fingerprint density at radius 3 is 2.27 bits per heavy atom. The molecule has 3 rings (SSSR count). The maximum absolute atomic E-state index is 12.7. The van der Waals surface area contributed by atoms with E-state index in [0.29, 0.717) is 15.7 Å². The summed E-state index contributed by atoms with van der Waals surface area (Å²) in [5.41, 5.74) is 1.18. The van der Waals surface area contributed by atoms with E-state index in [1.807, 2.05) is 30.3 Å². The highest BCUT2D eigenvalue weighted by molar-refractivity contribution is 6.42. The molecule has 0 bridgehead atoms. The molecule has 0 spiro atoms. The zero-order valence-corrected chi connectivity index (χ0v) is 13.2. The van der Waals surface area contributed by atoms with Crippen molar-refractivity contribution >= 4 is 40.8 Å². The van der Waals surface area contributed by atoms with Crippen LogP contribution in [0.1, 0.15) is 11.6 Å². The molecule has 0 radical (unpaired) electrons. The Morgan fingerprint density at radius 2 is 1.64 bits per heavy atom. The quantitative estimate of drug-likeness (QED) is 0.774. The molecule has 22 heavy (non-hydrogen) atoms. The molecule has 0 aromatic heterocycles. The van der Waals surface area contributed by atoms with Crippen molar-refractivity contribution in [2.75, 3.05) is 11.9 Å². The molecular weight excluding hydrogens is 323 g/mol. The second kappa shape index (κ2) is 5.63. The molecule has 112 valence electrons. The fourth-order valence-electron chi connectivity index (χ4n) is 2.51. The van der Waals surface area contributed by atoms with Crippen LogP contribution >= 0.6 is 23.2 Å². The van der Waals surface area contributed by atoms with Gasteiger partial charge in [0.2, 0.25) is 0 Å². The highest BCUT2D eigenvalue weighted by atomic mass is 35.5. The third-order valence-corrected chi connectivity index (χ3v) is 4.35. The standard InChI is InChI=1S/C16H12Cl2N2O2/c1-19-14(10-5-3-2-4-6-10)15(21)20(16(19)22)11-7-8-12(17)13(18)9-11/h2-9,14H,1H3. The number of carbonyl (C=O) groups excluding carboxylic acids is 2. The first-order chi connectivity index (χ1) is 10.5. The van der Waals surface area contributed by atoms with Crippen LogP contribution in [0.2, 0.25) is 10.0 Å². The number of halogens is 2. The van der Waals surface area contributed by atoms with Crippen molar-refractivity contribution in [3.63, 3.8) is 0 Å². The number of imide groups is 1. The molecular formula is C16H12Cl2N2O2. The van der Waals surface area contributed by atoms with Crippen molar-refractivity contribution < 1.29 is 9.59 Å². The van der Waals surface area contributed by atoms with Gasteiger partial charge in [0.05, 0.1) is 15.7 Å². The Bertz CT molecular complexity index is 749. The van der Waals surface area contributed by atoms with Crippen LogP contribution in [-0.4, -0.2) is 23.9 Å². The van der Waals surface area contributed by atoms with E-state index in [0.717, 1.165) is 10.5 Å². The number of urea groups is 1. The lowest BCUT2D eigenvalue weighted by Gasteiger charge is -2.15. The zero-order valence-electron chi connectivity index (χ0n) is 11.7. The Balaban J connectivity index is 2.02. The summed E-state index contributed by atoms with van der Waals surface area (Å²) in [6, 6.07) is 12.8. The molecule has 2 aromatic carbocycles. The SMILES string of the molecule is CN1C(=O)N(c2ccc(Cl)c(Cl)c2)C(=O)C1c1ccccc1.